The molecule has 1 atom stereocenters. The van der Waals surface area contributed by atoms with Gasteiger partial charge in [-0.05, 0) is 30.7 Å². The number of ether oxygens (including phenoxy) is 2. The van der Waals surface area contributed by atoms with E-state index >= 15 is 0 Å². The Labute approximate surface area is 148 Å². The summed E-state index contributed by atoms with van der Waals surface area (Å²) in [4.78, 5) is 16.4. The average molecular weight is 356 g/mol. The highest BCUT2D eigenvalue weighted by atomic mass is 32.2. The second-order valence-corrected chi connectivity index (χ2v) is 7.12. The zero-order valence-corrected chi connectivity index (χ0v) is 15.6. The lowest BCUT2D eigenvalue weighted by molar-refractivity contribution is -0.132. The van der Waals surface area contributed by atoms with Gasteiger partial charge in [0.05, 0.1) is 23.8 Å². The van der Waals surface area contributed by atoms with Crippen LogP contribution >= 0.6 is 11.8 Å². The Morgan fingerprint density at radius 3 is 2.75 bits per heavy atom. The molecular weight excluding hydrogens is 328 g/mol. The highest BCUT2D eigenvalue weighted by Crippen LogP contribution is 2.35. The van der Waals surface area contributed by atoms with Gasteiger partial charge in [0.1, 0.15) is 6.17 Å². The second-order valence-electron chi connectivity index (χ2n) is 5.87. The second kappa shape index (κ2) is 9.46. The Morgan fingerprint density at radius 1 is 1.46 bits per heavy atom. The third-order valence-corrected chi connectivity index (χ3v) is 5.25. The Morgan fingerprint density at radius 2 is 2.17 bits per heavy atom. The van der Waals surface area contributed by atoms with Crippen LogP contribution in [0.15, 0.2) is 22.3 Å². The predicted octanol–water partition coefficient (Wildman–Crippen LogP) is 1.99. The van der Waals surface area contributed by atoms with Crippen molar-refractivity contribution in [2.75, 3.05) is 52.3 Å². The van der Waals surface area contributed by atoms with E-state index in [2.05, 4.69) is 22.8 Å². The molecule has 2 aliphatic heterocycles. The predicted molar refractivity (Wildman–Crippen MR) is 95.9 cm³/mol. The van der Waals surface area contributed by atoms with E-state index in [1.807, 2.05) is 6.92 Å². The van der Waals surface area contributed by atoms with E-state index in [0.29, 0.717) is 12.2 Å². The van der Waals surface area contributed by atoms with Crippen molar-refractivity contribution in [3.05, 3.63) is 22.3 Å². The van der Waals surface area contributed by atoms with Gasteiger partial charge in [0.15, 0.2) is 0 Å². The highest BCUT2D eigenvalue weighted by molar-refractivity contribution is 8.03. The molecule has 7 heteroatoms. The molecule has 0 amide bonds. The van der Waals surface area contributed by atoms with Crippen LogP contribution in [0.3, 0.4) is 0 Å². The first-order valence-electron chi connectivity index (χ1n) is 8.46. The monoisotopic (exact) mass is 356 g/mol. The Kier molecular flexibility index (Phi) is 7.61. The molecule has 1 fully saturated rings. The fraction of sp³-hybridized carbons (Fsp3) is 0.706. The van der Waals surface area contributed by atoms with Gasteiger partial charge in [-0.15, -0.1) is 11.8 Å². The van der Waals surface area contributed by atoms with Crippen LogP contribution in [0, 0.1) is 0 Å². The molecule has 136 valence electrons. The topological polar surface area (TPSA) is 62.2 Å². The lowest BCUT2D eigenvalue weighted by Crippen LogP contribution is -2.52. The number of methoxy groups -OCH3 is 1. The number of rotatable bonds is 8. The number of nitrogens with zero attached hydrogens (tertiary/aromatic N) is 2. The molecule has 1 N–H and O–H groups in total. The smallest absolute Gasteiger partial charge is 0.338 e. The number of morpholine rings is 1. The number of aliphatic carboxylic acids is 1. The molecule has 0 aromatic heterocycles. The summed E-state index contributed by atoms with van der Waals surface area (Å²) < 4.78 is 10.7. The third kappa shape index (κ3) is 4.53. The molecule has 1 saturated heterocycles. The summed E-state index contributed by atoms with van der Waals surface area (Å²) in [5.41, 5.74) is 1.28. The van der Waals surface area contributed by atoms with E-state index in [-0.39, 0.29) is 6.17 Å². The number of hydrogen-bond donors (Lipinski definition) is 1. The molecule has 2 rings (SSSR count). The standard InChI is InChI=1S/C17H28N2O4S/c1-4-24-16-15(17(20)21)13(2)12-14(18-7-10-23-11-8-18)19(16)6-5-9-22-3/h12,14H,4-11H2,1-3H3,(H,20,21). The van der Waals surface area contributed by atoms with Crippen molar-refractivity contribution >= 4 is 17.7 Å². The lowest BCUT2D eigenvalue weighted by Gasteiger charge is -2.44. The summed E-state index contributed by atoms with van der Waals surface area (Å²) in [6.07, 6.45) is 3.04. The highest BCUT2D eigenvalue weighted by Gasteiger charge is 2.34. The average Bonchev–Trinajstić information content (AvgIpc) is 2.57. The number of carbonyl (C=O) groups is 1. The fourth-order valence-electron chi connectivity index (χ4n) is 3.14. The SMILES string of the molecule is CCSC1=C(C(=O)O)C(C)=CC(N2CCOCC2)N1CCCOC. The third-order valence-electron chi connectivity index (χ3n) is 4.25. The first kappa shape index (κ1) is 19.3. The molecular formula is C17H28N2O4S. The number of carboxylic acid groups (broad SMARTS) is 1. The van der Waals surface area contributed by atoms with Gasteiger partial charge in [-0.25, -0.2) is 4.79 Å². The van der Waals surface area contributed by atoms with E-state index in [1.54, 1.807) is 18.9 Å². The van der Waals surface area contributed by atoms with Gasteiger partial charge in [0.25, 0.3) is 0 Å². The van der Waals surface area contributed by atoms with Crippen molar-refractivity contribution in [1.29, 1.82) is 0 Å². The molecule has 24 heavy (non-hydrogen) atoms. The minimum atomic E-state index is -0.850. The minimum absolute atomic E-state index is 0.0860. The first-order chi connectivity index (χ1) is 11.6. The van der Waals surface area contributed by atoms with Crippen LogP contribution in [-0.2, 0) is 14.3 Å². The van der Waals surface area contributed by atoms with Crippen molar-refractivity contribution in [1.82, 2.24) is 9.80 Å². The van der Waals surface area contributed by atoms with Gasteiger partial charge in [0.2, 0.25) is 0 Å². The zero-order chi connectivity index (χ0) is 17.5. The molecule has 2 heterocycles. The molecule has 1 unspecified atom stereocenters. The van der Waals surface area contributed by atoms with Crippen LogP contribution in [-0.4, -0.2) is 79.4 Å². The summed E-state index contributed by atoms with van der Waals surface area (Å²) in [6, 6.07) is 0. The number of thioether (sulfide) groups is 1. The first-order valence-corrected chi connectivity index (χ1v) is 9.45. The summed E-state index contributed by atoms with van der Waals surface area (Å²) in [6.45, 7) is 8.58. The van der Waals surface area contributed by atoms with Crippen LogP contribution in [0.4, 0.5) is 0 Å². The van der Waals surface area contributed by atoms with Crippen LogP contribution < -0.4 is 0 Å². The Hall–Kier alpha value is -1.02. The van der Waals surface area contributed by atoms with Gasteiger partial charge >= 0.3 is 5.97 Å². The van der Waals surface area contributed by atoms with Crippen molar-refractivity contribution in [2.45, 2.75) is 26.4 Å². The molecule has 0 radical (unpaired) electrons. The van der Waals surface area contributed by atoms with Crippen molar-refractivity contribution in [3.8, 4) is 0 Å². The quantitative estimate of drug-likeness (QED) is 0.667. The van der Waals surface area contributed by atoms with Gasteiger partial charge in [0, 0.05) is 33.4 Å². The zero-order valence-electron chi connectivity index (χ0n) is 14.8. The molecule has 0 aromatic carbocycles. The summed E-state index contributed by atoms with van der Waals surface area (Å²) in [7, 11) is 1.69. The molecule has 0 aliphatic carbocycles. The number of hydrogen-bond acceptors (Lipinski definition) is 6. The van der Waals surface area contributed by atoms with Gasteiger partial charge in [-0.2, -0.15) is 0 Å². The fourth-order valence-corrected chi connectivity index (χ4v) is 4.17. The van der Waals surface area contributed by atoms with Gasteiger partial charge in [-0.3, -0.25) is 4.90 Å². The summed E-state index contributed by atoms with van der Waals surface area (Å²) >= 11 is 1.61. The molecule has 0 aromatic rings. The molecule has 2 aliphatic rings. The van der Waals surface area contributed by atoms with Gasteiger partial charge < -0.3 is 19.5 Å². The van der Waals surface area contributed by atoms with Crippen molar-refractivity contribution < 1.29 is 19.4 Å². The molecule has 6 nitrogen and oxygen atoms in total. The maximum atomic E-state index is 11.8. The largest absolute Gasteiger partial charge is 0.478 e. The molecule has 0 saturated carbocycles. The molecule has 0 bridgehead atoms. The normalized spacial score (nSPS) is 22.7. The van der Waals surface area contributed by atoms with Crippen LogP contribution in [0.1, 0.15) is 20.3 Å². The van der Waals surface area contributed by atoms with E-state index < -0.39 is 5.97 Å². The van der Waals surface area contributed by atoms with Crippen molar-refractivity contribution in [2.24, 2.45) is 0 Å². The maximum Gasteiger partial charge on any atom is 0.338 e. The van der Waals surface area contributed by atoms with E-state index in [1.165, 1.54) is 0 Å². The van der Waals surface area contributed by atoms with Gasteiger partial charge in [-0.1, -0.05) is 6.92 Å². The van der Waals surface area contributed by atoms with Crippen LogP contribution in [0.5, 0.6) is 0 Å². The Balaban J connectivity index is 2.33. The van der Waals surface area contributed by atoms with Crippen LogP contribution in [0.25, 0.3) is 0 Å². The maximum absolute atomic E-state index is 11.8. The van der Waals surface area contributed by atoms with Crippen LogP contribution in [0.2, 0.25) is 0 Å². The Bertz CT molecular complexity index is 501. The van der Waals surface area contributed by atoms with E-state index in [4.69, 9.17) is 9.47 Å². The summed E-state index contributed by atoms with van der Waals surface area (Å²) in [5.74, 6) is -0.00687. The minimum Gasteiger partial charge on any atom is -0.478 e. The summed E-state index contributed by atoms with van der Waals surface area (Å²) in [5, 5.41) is 10.6. The van der Waals surface area contributed by atoms with E-state index in [0.717, 1.165) is 55.6 Å². The molecule has 0 spiro atoms. The lowest BCUT2D eigenvalue weighted by atomic mass is 10.0. The van der Waals surface area contributed by atoms with E-state index in [9.17, 15) is 9.90 Å². The number of carboxylic acids is 1. The van der Waals surface area contributed by atoms with Crippen molar-refractivity contribution in [3.63, 3.8) is 0 Å².